The highest BCUT2D eigenvalue weighted by atomic mass is 79.9. The number of aryl methyl sites for hydroxylation is 2. The summed E-state index contributed by atoms with van der Waals surface area (Å²) in [4.78, 5) is 0. The van der Waals surface area contributed by atoms with Gasteiger partial charge in [0.05, 0.1) is 12.6 Å². The lowest BCUT2D eigenvalue weighted by atomic mass is 9.93. The van der Waals surface area contributed by atoms with E-state index in [1.807, 2.05) is 0 Å². The molecule has 1 atom stereocenters. The van der Waals surface area contributed by atoms with Gasteiger partial charge in [-0.3, -0.25) is 0 Å². The van der Waals surface area contributed by atoms with Crippen LogP contribution in [0.2, 0.25) is 0 Å². The second-order valence-electron chi connectivity index (χ2n) is 5.27. The predicted molar refractivity (Wildman–Crippen MR) is 85.2 cm³/mol. The van der Waals surface area contributed by atoms with Crippen LogP contribution in [0.1, 0.15) is 34.7 Å². The van der Waals surface area contributed by atoms with Crippen LogP contribution in [0, 0.1) is 6.92 Å². The van der Waals surface area contributed by atoms with Crippen molar-refractivity contribution in [1.82, 2.24) is 0 Å². The number of hydrogen-bond donors (Lipinski definition) is 1. The van der Waals surface area contributed by atoms with Crippen molar-refractivity contribution >= 4 is 15.9 Å². The predicted octanol–water partition coefficient (Wildman–Crippen LogP) is 4.13. The molecule has 3 rings (SSSR count). The Morgan fingerprint density at radius 3 is 2.90 bits per heavy atom. The molecule has 1 unspecified atom stereocenters. The van der Waals surface area contributed by atoms with Gasteiger partial charge in [-0.25, -0.2) is 0 Å². The summed E-state index contributed by atoms with van der Waals surface area (Å²) < 4.78 is 6.97. The zero-order valence-corrected chi connectivity index (χ0v) is 13.1. The van der Waals surface area contributed by atoms with Crippen molar-refractivity contribution in [1.29, 1.82) is 0 Å². The van der Waals surface area contributed by atoms with E-state index in [2.05, 4.69) is 59.3 Å². The highest BCUT2D eigenvalue weighted by Gasteiger charge is 2.19. The molecular weight excluding hydrogens is 314 g/mol. The molecule has 2 nitrogen and oxygen atoms in total. The number of rotatable bonds is 2. The number of hydrogen-bond acceptors (Lipinski definition) is 2. The third kappa shape index (κ3) is 2.48. The second-order valence-corrected chi connectivity index (χ2v) is 6.13. The average molecular weight is 332 g/mol. The van der Waals surface area contributed by atoms with Crippen molar-refractivity contribution in [2.45, 2.75) is 25.8 Å². The van der Waals surface area contributed by atoms with E-state index in [0.717, 1.165) is 40.8 Å². The van der Waals surface area contributed by atoms with Crippen LogP contribution in [0.15, 0.2) is 40.9 Å². The molecule has 0 spiro atoms. The molecule has 2 aromatic rings. The minimum Gasteiger partial charge on any atom is -0.493 e. The van der Waals surface area contributed by atoms with E-state index in [0.29, 0.717) is 0 Å². The third-order valence-electron chi connectivity index (χ3n) is 3.84. The van der Waals surface area contributed by atoms with Gasteiger partial charge in [0.25, 0.3) is 0 Å². The lowest BCUT2D eigenvalue weighted by Gasteiger charge is -2.23. The molecule has 0 fully saturated rings. The van der Waals surface area contributed by atoms with Crippen molar-refractivity contribution in [3.63, 3.8) is 0 Å². The van der Waals surface area contributed by atoms with E-state index < -0.39 is 0 Å². The van der Waals surface area contributed by atoms with Crippen LogP contribution in [-0.2, 0) is 6.42 Å². The Bertz CT molecular complexity index is 639. The van der Waals surface area contributed by atoms with Gasteiger partial charge >= 0.3 is 0 Å². The van der Waals surface area contributed by atoms with Gasteiger partial charge in [0.15, 0.2) is 0 Å². The molecule has 3 heteroatoms. The summed E-state index contributed by atoms with van der Waals surface area (Å²) in [7, 11) is 0. The summed E-state index contributed by atoms with van der Waals surface area (Å²) in [6.45, 7) is 2.87. The molecule has 1 heterocycles. The number of benzene rings is 2. The first kappa shape index (κ1) is 13.7. The maximum Gasteiger partial charge on any atom is 0.127 e. The average Bonchev–Trinajstić information content (AvgIpc) is 2.49. The summed E-state index contributed by atoms with van der Waals surface area (Å²) in [5.74, 6) is 0.992. The first-order valence-corrected chi connectivity index (χ1v) is 7.72. The van der Waals surface area contributed by atoms with Crippen molar-refractivity contribution in [2.75, 3.05) is 6.61 Å². The first-order valence-electron chi connectivity index (χ1n) is 6.93. The van der Waals surface area contributed by atoms with Crippen LogP contribution in [-0.4, -0.2) is 6.61 Å². The van der Waals surface area contributed by atoms with E-state index in [1.165, 1.54) is 11.1 Å². The van der Waals surface area contributed by atoms with Gasteiger partial charge in [0.1, 0.15) is 5.75 Å². The molecule has 0 saturated heterocycles. The summed E-state index contributed by atoms with van der Waals surface area (Å²) in [6, 6.07) is 12.4. The number of fused-ring (bicyclic) bond motifs is 1. The maximum atomic E-state index is 6.46. The van der Waals surface area contributed by atoms with Gasteiger partial charge in [-0.05, 0) is 42.5 Å². The summed E-state index contributed by atoms with van der Waals surface area (Å²) in [5.41, 5.74) is 11.1. The largest absolute Gasteiger partial charge is 0.493 e. The van der Waals surface area contributed by atoms with Gasteiger partial charge in [-0.15, -0.1) is 0 Å². The monoisotopic (exact) mass is 331 g/mol. The molecule has 2 aromatic carbocycles. The van der Waals surface area contributed by atoms with Gasteiger partial charge in [0.2, 0.25) is 0 Å². The molecule has 104 valence electrons. The Balaban J connectivity index is 2.02. The van der Waals surface area contributed by atoms with E-state index >= 15 is 0 Å². The standard InChI is InChI=1S/C17H18BrNO/c1-11-10-13(7-8-15(11)18)16(19)14-6-2-4-12-5-3-9-20-17(12)14/h2,4,6-8,10,16H,3,5,9,19H2,1H3. The number of ether oxygens (including phenoxy) is 1. The molecular formula is C17H18BrNO. The van der Waals surface area contributed by atoms with Gasteiger partial charge in [0, 0.05) is 10.0 Å². The molecule has 0 aliphatic carbocycles. The van der Waals surface area contributed by atoms with E-state index in [-0.39, 0.29) is 6.04 Å². The quantitative estimate of drug-likeness (QED) is 0.897. The van der Waals surface area contributed by atoms with E-state index in [1.54, 1.807) is 0 Å². The number of nitrogens with two attached hydrogens (primary N) is 1. The third-order valence-corrected chi connectivity index (χ3v) is 4.73. The number of halogens is 1. The molecule has 0 saturated carbocycles. The Hall–Kier alpha value is -1.32. The Morgan fingerprint density at radius 1 is 1.25 bits per heavy atom. The molecule has 1 aliphatic rings. The fourth-order valence-corrected chi connectivity index (χ4v) is 2.95. The molecule has 0 radical (unpaired) electrons. The lowest BCUT2D eigenvalue weighted by molar-refractivity contribution is 0.284. The molecule has 0 amide bonds. The Kier molecular flexibility index (Phi) is 3.81. The van der Waals surface area contributed by atoms with Crippen LogP contribution in [0.4, 0.5) is 0 Å². The molecule has 0 aromatic heterocycles. The highest BCUT2D eigenvalue weighted by molar-refractivity contribution is 9.10. The van der Waals surface area contributed by atoms with Crippen molar-refractivity contribution in [2.24, 2.45) is 5.73 Å². The molecule has 0 bridgehead atoms. The summed E-state index contributed by atoms with van der Waals surface area (Å²) in [6.07, 6.45) is 2.17. The first-order chi connectivity index (χ1) is 9.66. The lowest BCUT2D eigenvalue weighted by Crippen LogP contribution is -2.17. The van der Waals surface area contributed by atoms with Gasteiger partial charge in [-0.1, -0.05) is 46.3 Å². The van der Waals surface area contributed by atoms with Crippen LogP contribution < -0.4 is 10.5 Å². The van der Waals surface area contributed by atoms with E-state index in [4.69, 9.17) is 10.5 Å². The van der Waals surface area contributed by atoms with E-state index in [9.17, 15) is 0 Å². The number of para-hydroxylation sites is 1. The topological polar surface area (TPSA) is 35.2 Å². The Labute approximate surface area is 128 Å². The fraction of sp³-hybridized carbons (Fsp3) is 0.294. The van der Waals surface area contributed by atoms with Gasteiger partial charge < -0.3 is 10.5 Å². The van der Waals surface area contributed by atoms with Crippen molar-refractivity contribution in [3.8, 4) is 5.75 Å². The molecule has 1 aliphatic heterocycles. The molecule has 20 heavy (non-hydrogen) atoms. The van der Waals surface area contributed by atoms with Gasteiger partial charge in [-0.2, -0.15) is 0 Å². The summed E-state index contributed by atoms with van der Waals surface area (Å²) in [5, 5.41) is 0. The zero-order valence-electron chi connectivity index (χ0n) is 11.5. The minimum absolute atomic E-state index is 0.144. The van der Waals surface area contributed by atoms with Crippen molar-refractivity contribution in [3.05, 3.63) is 63.1 Å². The van der Waals surface area contributed by atoms with Crippen LogP contribution in [0.25, 0.3) is 0 Å². The highest BCUT2D eigenvalue weighted by Crippen LogP contribution is 2.35. The normalized spacial score (nSPS) is 15.3. The fourth-order valence-electron chi connectivity index (χ4n) is 2.70. The maximum absolute atomic E-state index is 6.46. The molecule has 2 N–H and O–H groups in total. The minimum atomic E-state index is -0.144. The van der Waals surface area contributed by atoms with Crippen LogP contribution in [0.3, 0.4) is 0 Å². The Morgan fingerprint density at radius 2 is 2.10 bits per heavy atom. The smallest absolute Gasteiger partial charge is 0.127 e. The van der Waals surface area contributed by atoms with Crippen LogP contribution >= 0.6 is 15.9 Å². The SMILES string of the molecule is Cc1cc(C(N)c2cccc3c2OCCC3)ccc1Br. The summed E-state index contributed by atoms with van der Waals surface area (Å²) >= 11 is 3.53. The van der Waals surface area contributed by atoms with Crippen molar-refractivity contribution < 1.29 is 4.74 Å². The second kappa shape index (κ2) is 5.58. The zero-order chi connectivity index (χ0) is 14.1. The van der Waals surface area contributed by atoms with Crippen LogP contribution in [0.5, 0.6) is 5.75 Å².